The van der Waals surface area contributed by atoms with Crippen LogP contribution in [0.25, 0.3) is 0 Å². The number of amides is 1. The van der Waals surface area contributed by atoms with Gasteiger partial charge in [-0.25, -0.2) is 4.39 Å². The van der Waals surface area contributed by atoms with Crippen LogP contribution in [0.3, 0.4) is 0 Å². The van der Waals surface area contributed by atoms with Gasteiger partial charge in [0.2, 0.25) is 0 Å². The molecule has 0 aliphatic rings. The number of halogens is 2. The highest BCUT2D eigenvalue weighted by Crippen LogP contribution is 2.16. The van der Waals surface area contributed by atoms with Crippen LogP contribution in [0.15, 0.2) is 46.9 Å². The Balaban J connectivity index is 2.16. The van der Waals surface area contributed by atoms with Gasteiger partial charge < -0.3 is 5.32 Å². The number of nitrogens with one attached hydrogen (secondary N) is 1. The van der Waals surface area contributed by atoms with Gasteiger partial charge in [-0.1, -0.05) is 22.0 Å². The fraction of sp³-hybridized carbons (Fsp3) is 0.0714. The molecule has 0 heterocycles. The van der Waals surface area contributed by atoms with Crippen LogP contribution in [-0.2, 0) is 0 Å². The van der Waals surface area contributed by atoms with E-state index in [1.807, 2.05) is 0 Å². The third kappa shape index (κ3) is 2.96. The van der Waals surface area contributed by atoms with Gasteiger partial charge in [-0.15, -0.1) is 0 Å². The molecular weight excluding hydrogens is 297 g/mol. The second-order valence-corrected chi connectivity index (χ2v) is 4.84. The molecule has 0 bridgehead atoms. The van der Waals surface area contributed by atoms with E-state index in [1.165, 1.54) is 6.07 Å². The molecule has 0 aromatic heterocycles. The Morgan fingerprint density at radius 3 is 2.44 bits per heavy atom. The normalized spacial score (nSPS) is 10.2. The van der Waals surface area contributed by atoms with Crippen molar-refractivity contribution in [2.45, 2.75) is 6.92 Å². The number of anilines is 1. The molecule has 2 aromatic carbocycles. The molecule has 2 aromatic rings. The summed E-state index contributed by atoms with van der Waals surface area (Å²) in [5.41, 5.74) is 1.53. The van der Waals surface area contributed by atoms with Crippen LogP contribution in [0.2, 0.25) is 0 Å². The van der Waals surface area contributed by atoms with Crippen LogP contribution in [0.4, 0.5) is 10.1 Å². The van der Waals surface area contributed by atoms with E-state index in [1.54, 1.807) is 43.3 Å². The molecule has 0 saturated carbocycles. The van der Waals surface area contributed by atoms with Crippen molar-refractivity contribution >= 4 is 27.5 Å². The third-order valence-corrected chi connectivity index (χ3v) is 3.06. The SMILES string of the molecule is Cc1ccc(NC(=O)c2ccc(Br)cc2)cc1F. The molecule has 0 radical (unpaired) electrons. The lowest BCUT2D eigenvalue weighted by Crippen LogP contribution is -2.11. The first-order valence-corrected chi connectivity index (χ1v) is 6.18. The minimum Gasteiger partial charge on any atom is -0.322 e. The standard InChI is InChI=1S/C14H11BrFNO/c1-9-2-7-12(8-13(9)16)17-14(18)10-3-5-11(15)6-4-10/h2-8H,1H3,(H,17,18). The molecule has 2 rings (SSSR count). The van der Waals surface area contributed by atoms with Gasteiger partial charge in [0.05, 0.1) is 0 Å². The average molecular weight is 308 g/mol. The fourth-order valence-electron chi connectivity index (χ4n) is 1.48. The summed E-state index contributed by atoms with van der Waals surface area (Å²) >= 11 is 3.30. The molecular formula is C14H11BrFNO. The van der Waals surface area contributed by atoms with Gasteiger partial charge in [-0.2, -0.15) is 0 Å². The van der Waals surface area contributed by atoms with Crippen LogP contribution >= 0.6 is 15.9 Å². The molecule has 0 unspecified atom stereocenters. The van der Waals surface area contributed by atoms with Crippen molar-refractivity contribution in [3.8, 4) is 0 Å². The number of carbonyl (C=O) groups is 1. The van der Waals surface area contributed by atoms with E-state index in [0.29, 0.717) is 16.8 Å². The molecule has 0 aliphatic heterocycles. The summed E-state index contributed by atoms with van der Waals surface area (Å²) in [4.78, 5) is 11.9. The molecule has 4 heteroatoms. The first-order chi connectivity index (χ1) is 8.56. The molecule has 0 saturated heterocycles. The molecule has 92 valence electrons. The van der Waals surface area contributed by atoms with Gasteiger partial charge in [0.15, 0.2) is 0 Å². The summed E-state index contributed by atoms with van der Waals surface area (Å²) in [5.74, 6) is -0.589. The summed E-state index contributed by atoms with van der Waals surface area (Å²) in [6.45, 7) is 1.68. The lowest BCUT2D eigenvalue weighted by atomic mass is 10.2. The number of rotatable bonds is 2. The van der Waals surface area contributed by atoms with E-state index >= 15 is 0 Å². The number of hydrogen-bond acceptors (Lipinski definition) is 1. The summed E-state index contributed by atoms with van der Waals surface area (Å²) in [5, 5.41) is 2.65. The van der Waals surface area contributed by atoms with Crippen LogP contribution in [0, 0.1) is 12.7 Å². The molecule has 18 heavy (non-hydrogen) atoms. The van der Waals surface area contributed by atoms with Gasteiger partial charge in [-0.3, -0.25) is 4.79 Å². The highest BCUT2D eigenvalue weighted by atomic mass is 79.9. The molecule has 2 nitrogen and oxygen atoms in total. The van der Waals surface area contributed by atoms with Crippen molar-refractivity contribution < 1.29 is 9.18 Å². The molecule has 0 atom stereocenters. The fourth-order valence-corrected chi connectivity index (χ4v) is 1.74. The molecule has 1 N–H and O–H groups in total. The Hall–Kier alpha value is -1.68. The van der Waals surface area contributed by atoms with Crippen molar-refractivity contribution in [2.24, 2.45) is 0 Å². The summed E-state index contributed by atoms with van der Waals surface area (Å²) in [6, 6.07) is 11.6. The van der Waals surface area contributed by atoms with Crippen molar-refractivity contribution in [1.29, 1.82) is 0 Å². The van der Waals surface area contributed by atoms with E-state index in [9.17, 15) is 9.18 Å². The molecule has 0 fully saturated rings. The zero-order chi connectivity index (χ0) is 13.1. The Morgan fingerprint density at radius 2 is 1.83 bits per heavy atom. The second kappa shape index (κ2) is 5.31. The average Bonchev–Trinajstić information content (AvgIpc) is 2.34. The maximum absolute atomic E-state index is 13.3. The predicted molar refractivity (Wildman–Crippen MR) is 73.2 cm³/mol. The third-order valence-electron chi connectivity index (χ3n) is 2.54. The Bertz CT molecular complexity index is 581. The lowest BCUT2D eigenvalue weighted by Gasteiger charge is -2.06. The highest BCUT2D eigenvalue weighted by Gasteiger charge is 2.07. The van der Waals surface area contributed by atoms with Crippen molar-refractivity contribution in [3.05, 3.63) is 63.9 Å². The van der Waals surface area contributed by atoms with Gasteiger partial charge in [0.25, 0.3) is 5.91 Å². The Morgan fingerprint density at radius 1 is 1.17 bits per heavy atom. The van der Waals surface area contributed by atoms with Crippen molar-refractivity contribution in [3.63, 3.8) is 0 Å². The number of benzene rings is 2. The molecule has 0 spiro atoms. The number of hydrogen-bond donors (Lipinski definition) is 1. The second-order valence-electron chi connectivity index (χ2n) is 3.92. The van der Waals surface area contributed by atoms with Crippen molar-refractivity contribution in [2.75, 3.05) is 5.32 Å². The van der Waals surface area contributed by atoms with Crippen LogP contribution in [0.5, 0.6) is 0 Å². The summed E-state index contributed by atoms with van der Waals surface area (Å²) in [6.07, 6.45) is 0. The minimum absolute atomic E-state index is 0.259. The van der Waals surface area contributed by atoms with Gasteiger partial charge in [-0.05, 0) is 48.9 Å². The van der Waals surface area contributed by atoms with Crippen molar-refractivity contribution in [1.82, 2.24) is 0 Å². The van der Waals surface area contributed by atoms with Crippen LogP contribution in [0.1, 0.15) is 15.9 Å². The van der Waals surface area contributed by atoms with E-state index in [-0.39, 0.29) is 11.7 Å². The molecule has 1 amide bonds. The smallest absolute Gasteiger partial charge is 0.255 e. The molecule has 0 aliphatic carbocycles. The van der Waals surface area contributed by atoms with E-state index < -0.39 is 0 Å². The quantitative estimate of drug-likeness (QED) is 0.887. The monoisotopic (exact) mass is 307 g/mol. The van der Waals surface area contributed by atoms with Gasteiger partial charge >= 0.3 is 0 Å². The van der Waals surface area contributed by atoms with E-state index in [4.69, 9.17) is 0 Å². The van der Waals surface area contributed by atoms with E-state index in [2.05, 4.69) is 21.2 Å². The van der Waals surface area contributed by atoms with Gasteiger partial charge in [0.1, 0.15) is 5.82 Å². The number of aryl methyl sites for hydroxylation is 1. The minimum atomic E-state index is -0.330. The predicted octanol–water partition coefficient (Wildman–Crippen LogP) is 4.15. The Kier molecular flexibility index (Phi) is 3.77. The largest absolute Gasteiger partial charge is 0.322 e. The summed E-state index contributed by atoms with van der Waals surface area (Å²) < 4.78 is 14.2. The van der Waals surface area contributed by atoms with Gasteiger partial charge in [0, 0.05) is 15.7 Å². The zero-order valence-corrected chi connectivity index (χ0v) is 11.3. The zero-order valence-electron chi connectivity index (χ0n) is 9.71. The van der Waals surface area contributed by atoms with Crippen LogP contribution < -0.4 is 5.32 Å². The Labute approximate surface area is 113 Å². The van der Waals surface area contributed by atoms with Crippen LogP contribution in [-0.4, -0.2) is 5.91 Å². The highest BCUT2D eigenvalue weighted by molar-refractivity contribution is 9.10. The summed E-state index contributed by atoms with van der Waals surface area (Å²) in [7, 11) is 0. The number of carbonyl (C=O) groups excluding carboxylic acids is 1. The first-order valence-electron chi connectivity index (χ1n) is 5.39. The first kappa shape index (κ1) is 12.8. The topological polar surface area (TPSA) is 29.1 Å². The maximum Gasteiger partial charge on any atom is 0.255 e. The maximum atomic E-state index is 13.3. The van der Waals surface area contributed by atoms with E-state index in [0.717, 1.165) is 4.47 Å². The lowest BCUT2D eigenvalue weighted by molar-refractivity contribution is 0.102.